The number of epoxide rings is 1. The van der Waals surface area contributed by atoms with E-state index in [4.69, 9.17) is 9.16 Å². The smallest absolute Gasteiger partial charge is 0.191 e. The molecule has 0 aromatic carbocycles. The Labute approximate surface area is 163 Å². The van der Waals surface area contributed by atoms with Crippen LogP contribution in [-0.4, -0.2) is 27.1 Å². The Balaban J connectivity index is 2.37. The van der Waals surface area contributed by atoms with Crippen molar-refractivity contribution in [2.24, 2.45) is 11.8 Å². The molecule has 1 aliphatic heterocycles. The van der Waals surface area contributed by atoms with Gasteiger partial charge >= 0.3 is 0 Å². The van der Waals surface area contributed by atoms with E-state index >= 15 is 0 Å². The average Bonchev–Trinajstić information content (AvgIpc) is 3.23. The van der Waals surface area contributed by atoms with Gasteiger partial charge in [0.2, 0.25) is 0 Å². The molecule has 2 nitrogen and oxygen atoms in total. The number of rotatable bonds is 11. The second-order valence-corrected chi connectivity index (χ2v) is 14.6. The first kappa shape index (κ1) is 23.4. The van der Waals surface area contributed by atoms with Gasteiger partial charge in [-0.3, -0.25) is 0 Å². The van der Waals surface area contributed by atoms with Crippen LogP contribution in [0.15, 0.2) is 36.5 Å². The molecule has 150 valence electrons. The molecule has 4 atom stereocenters. The number of hydrogen-bond donors (Lipinski definition) is 0. The van der Waals surface area contributed by atoms with Gasteiger partial charge in [0, 0.05) is 6.61 Å². The molecule has 1 fully saturated rings. The zero-order valence-corrected chi connectivity index (χ0v) is 19.5. The van der Waals surface area contributed by atoms with Crippen molar-refractivity contribution >= 4 is 8.32 Å². The van der Waals surface area contributed by atoms with Crippen LogP contribution in [0.2, 0.25) is 18.1 Å². The summed E-state index contributed by atoms with van der Waals surface area (Å²) >= 11 is 0. The molecule has 0 N–H and O–H groups in total. The van der Waals surface area contributed by atoms with Gasteiger partial charge in [-0.25, -0.2) is 0 Å². The largest absolute Gasteiger partial charge is 0.417 e. The van der Waals surface area contributed by atoms with Crippen LogP contribution < -0.4 is 0 Å². The maximum atomic E-state index is 6.32. The summed E-state index contributed by atoms with van der Waals surface area (Å²) in [6, 6.07) is 0. The highest BCUT2D eigenvalue weighted by molar-refractivity contribution is 6.74. The Hall–Kier alpha value is -0.643. The summed E-state index contributed by atoms with van der Waals surface area (Å²) in [6.45, 7) is 27.3. The van der Waals surface area contributed by atoms with Crippen LogP contribution in [0.3, 0.4) is 0 Å². The summed E-state index contributed by atoms with van der Waals surface area (Å²) in [5.74, 6) is 1.13. The van der Waals surface area contributed by atoms with E-state index in [0.29, 0.717) is 17.9 Å². The van der Waals surface area contributed by atoms with Gasteiger partial charge in [-0.05, 0) is 56.2 Å². The maximum absolute atomic E-state index is 6.32. The molecule has 0 bridgehead atoms. The van der Waals surface area contributed by atoms with Crippen LogP contribution in [0, 0.1) is 11.8 Å². The predicted octanol–water partition coefficient (Wildman–Crippen LogP) is 6.91. The van der Waals surface area contributed by atoms with Crippen LogP contribution in [0.25, 0.3) is 0 Å². The van der Waals surface area contributed by atoms with Crippen LogP contribution >= 0.6 is 0 Å². The van der Waals surface area contributed by atoms with Gasteiger partial charge < -0.3 is 9.16 Å². The molecule has 1 heterocycles. The second kappa shape index (κ2) is 9.52. The van der Waals surface area contributed by atoms with E-state index in [2.05, 4.69) is 73.9 Å². The molecule has 26 heavy (non-hydrogen) atoms. The third-order valence-corrected chi connectivity index (χ3v) is 10.7. The summed E-state index contributed by atoms with van der Waals surface area (Å²) in [5.41, 5.74) is 2.63. The Bertz CT molecular complexity index is 513. The van der Waals surface area contributed by atoms with Gasteiger partial charge in [0.1, 0.15) is 6.10 Å². The predicted molar refractivity (Wildman–Crippen MR) is 117 cm³/mol. The standard InChI is InChI=1S/C23H42O2Si/c1-11-21-22(25-21)16-18(3)14-17(2)15-20(5)19(4)12-13-24-26(9,10)23(6,7)8/h11,15,18-19,21-22H,1-2,12-14,16H2,3-10H3/b20-15+/t18-,19+,21+,22+/m1/s1. The average molecular weight is 379 g/mol. The van der Waals surface area contributed by atoms with Crippen molar-refractivity contribution in [2.45, 2.75) is 91.1 Å². The highest BCUT2D eigenvalue weighted by Crippen LogP contribution is 2.37. The minimum Gasteiger partial charge on any atom is -0.417 e. The van der Waals surface area contributed by atoms with Gasteiger partial charge in [-0.2, -0.15) is 0 Å². The van der Waals surface area contributed by atoms with Crippen molar-refractivity contribution in [1.82, 2.24) is 0 Å². The van der Waals surface area contributed by atoms with Crippen LogP contribution in [0.4, 0.5) is 0 Å². The summed E-state index contributed by atoms with van der Waals surface area (Å²) < 4.78 is 11.9. The van der Waals surface area contributed by atoms with E-state index in [0.717, 1.165) is 25.9 Å². The molecule has 0 aromatic heterocycles. The second-order valence-electron chi connectivity index (χ2n) is 9.76. The first-order chi connectivity index (χ1) is 11.9. The fraction of sp³-hybridized carbons (Fsp3) is 0.739. The zero-order chi connectivity index (χ0) is 20.1. The molecule has 0 saturated carbocycles. The molecule has 0 radical (unpaired) electrons. The molecule has 0 spiro atoms. The molecular weight excluding hydrogens is 336 g/mol. The summed E-state index contributed by atoms with van der Waals surface area (Å²) in [6.07, 6.45) is 8.06. The topological polar surface area (TPSA) is 21.8 Å². The minimum atomic E-state index is -1.63. The quantitative estimate of drug-likeness (QED) is 0.169. The summed E-state index contributed by atoms with van der Waals surface area (Å²) in [7, 11) is -1.63. The number of allylic oxidation sites excluding steroid dienone is 3. The van der Waals surface area contributed by atoms with Gasteiger partial charge in [0.15, 0.2) is 8.32 Å². The lowest BCUT2D eigenvalue weighted by Crippen LogP contribution is -2.41. The number of ether oxygens (including phenoxy) is 1. The van der Waals surface area contributed by atoms with Crippen molar-refractivity contribution < 1.29 is 9.16 Å². The normalized spacial score (nSPS) is 23.5. The van der Waals surface area contributed by atoms with E-state index in [-0.39, 0.29) is 11.1 Å². The lowest BCUT2D eigenvalue weighted by Gasteiger charge is -2.36. The van der Waals surface area contributed by atoms with Crippen LogP contribution in [-0.2, 0) is 9.16 Å². The van der Waals surface area contributed by atoms with Crippen LogP contribution in [0.1, 0.15) is 60.8 Å². The monoisotopic (exact) mass is 378 g/mol. The minimum absolute atomic E-state index is 0.279. The fourth-order valence-corrected chi connectivity index (χ4v) is 4.00. The van der Waals surface area contributed by atoms with Gasteiger partial charge in [0.25, 0.3) is 0 Å². The molecule has 1 saturated heterocycles. The highest BCUT2D eigenvalue weighted by Gasteiger charge is 2.37. The van der Waals surface area contributed by atoms with Crippen molar-refractivity contribution in [2.75, 3.05) is 6.61 Å². The molecular formula is C23H42O2Si. The van der Waals surface area contributed by atoms with Crippen molar-refractivity contribution in [3.05, 3.63) is 36.5 Å². The molecule has 0 aromatic rings. The third-order valence-electron chi connectivity index (χ3n) is 6.13. The van der Waals surface area contributed by atoms with Gasteiger partial charge in [-0.1, -0.05) is 64.5 Å². The van der Waals surface area contributed by atoms with Gasteiger partial charge in [0.05, 0.1) is 6.10 Å². The first-order valence-corrected chi connectivity index (χ1v) is 13.1. The van der Waals surface area contributed by atoms with E-state index in [1.165, 1.54) is 11.1 Å². The van der Waals surface area contributed by atoms with E-state index < -0.39 is 8.32 Å². The molecule has 0 unspecified atom stereocenters. The third kappa shape index (κ3) is 7.54. The summed E-state index contributed by atoms with van der Waals surface area (Å²) in [4.78, 5) is 0. The molecule has 0 amide bonds. The fourth-order valence-electron chi connectivity index (χ4n) is 2.94. The molecule has 1 rings (SSSR count). The Kier molecular flexibility index (Phi) is 8.57. The van der Waals surface area contributed by atoms with Crippen molar-refractivity contribution in [3.8, 4) is 0 Å². The van der Waals surface area contributed by atoms with E-state index in [1.807, 2.05) is 6.08 Å². The zero-order valence-electron chi connectivity index (χ0n) is 18.5. The lowest BCUT2D eigenvalue weighted by molar-refractivity contribution is 0.267. The molecule has 3 heteroatoms. The van der Waals surface area contributed by atoms with Crippen LogP contribution in [0.5, 0.6) is 0 Å². The Morgan fingerprint density at radius 1 is 1.27 bits per heavy atom. The summed E-state index contributed by atoms with van der Waals surface area (Å²) in [5, 5.41) is 0.279. The van der Waals surface area contributed by atoms with E-state index in [9.17, 15) is 0 Å². The Morgan fingerprint density at radius 3 is 2.38 bits per heavy atom. The Morgan fingerprint density at radius 2 is 1.88 bits per heavy atom. The van der Waals surface area contributed by atoms with Gasteiger partial charge in [-0.15, -0.1) is 6.58 Å². The molecule has 0 aliphatic carbocycles. The first-order valence-electron chi connectivity index (χ1n) is 10.1. The molecule has 1 aliphatic rings. The number of hydrogen-bond acceptors (Lipinski definition) is 2. The highest BCUT2D eigenvalue weighted by atomic mass is 28.4. The van der Waals surface area contributed by atoms with E-state index in [1.54, 1.807) is 0 Å². The SMILES string of the molecule is C=C[C@@H]1O[C@H]1C[C@H](C)CC(=C)/C=C(\C)[C@@H](C)CCO[Si](C)(C)C(C)(C)C. The van der Waals surface area contributed by atoms with Crippen molar-refractivity contribution in [1.29, 1.82) is 0 Å². The lowest BCUT2D eigenvalue weighted by atomic mass is 9.92. The maximum Gasteiger partial charge on any atom is 0.191 e. The van der Waals surface area contributed by atoms with Crippen molar-refractivity contribution in [3.63, 3.8) is 0 Å².